The number of nitrogens with two attached hydrogens (primary N) is 1. The molecule has 3 heteroatoms. The topological polar surface area (TPSA) is 43.8 Å². The summed E-state index contributed by atoms with van der Waals surface area (Å²) in [5.41, 5.74) is 8.71. The molecule has 0 fully saturated rings. The lowest BCUT2D eigenvalue weighted by atomic mass is 10.2. The Labute approximate surface area is 83.2 Å². The fraction of sp³-hybridized carbons (Fsp3) is 0.182. The second kappa shape index (κ2) is 3.64. The van der Waals surface area contributed by atoms with Gasteiger partial charge in [0.05, 0.1) is 11.4 Å². The minimum atomic E-state index is 0.485. The van der Waals surface area contributed by atoms with Gasteiger partial charge in [-0.25, -0.2) is 4.68 Å². The molecule has 14 heavy (non-hydrogen) atoms. The molecule has 0 amide bonds. The van der Waals surface area contributed by atoms with Gasteiger partial charge in [0.15, 0.2) is 0 Å². The summed E-state index contributed by atoms with van der Waals surface area (Å²) in [7, 11) is 0. The quantitative estimate of drug-likeness (QED) is 0.776. The summed E-state index contributed by atoms with van der Waals surface area (Å²) in [6.45, 7) is 2.55. The first-order valence-corrected chi connectivity index (χ1v) is 4.61. The SMILES string of the molecule is Cc1cccc(-n2ccc(CN)n2)c1. The zero-order valence-electron chi connectivity index (χ0n) is 8.14. The molecule has 0 unspecified atom stereocenters. The molecule has 0 aliphatic carbocycles. The van der Waals surface area contributed by atoms with Crippen LogP contribution in [0.1, 0.15) is 11.3 Å². The van der Waals surface area contributed by atoms with Crippen molar-refractivity contribution in [1.29, 1.82) is 0 Å². The first-order chi connectivity index (χ1) is 6.79. The first kappa shape index (κ1) is 8.97. The van der Waals surface area contributed by atoms with Gasteiger partial charge in [0.2, 0.25) is 0 Å². The summed E-state index contributed by atoms with van der Waals surface area (Å²) in [5.74, 6) is 0. The maximum atomic E-state index is 5.50. The Morgan fingerprint density at radius 2 is 2.21 bits per heavy atom. The normalized spacial score (nSPS) is 10.4. The van der Waals surface area contributed by atoms with Crippen molar-refractivity contribution in [1.82, 2.24) is 9.78 Å². The standard InChI is InChI=1S/C11H13N3/c1-9-3-2-4-11(7-9)14-6-5-10(8-12)13-14/h2-7H,8,12H2,1H3. The van der Waals surface area contributed by atoms with Gasteiger partial charge in [-0.1, -0.05) is 12.1 Å². The molecule has 0 atom stereocenters. The van der Waals surface area contributed by atoms with Crippen LogP contribution in [0.2, 0.25) is 0 Å². The highest BCUT2D eigenvalue weighted by Gasteiger charge is 1.98. The molecule has 3 nitrogen and oxygen atoms in total. The summed E-state index contributed by atoms with van der Waals surface area (Å²) < 4.78 is 1.84. The Kier molecular flexibility index (Phi) is 2.33. The summed E-state index contributed by atoms with van der Waals surface area (Å²) in [6, 6.07) is 10.1. The van der Waals surface area contributed by atoms with E-state index in [0.29, 0.717) is 6.54 Å². The highest BCUT2D eigenvalue weighted by atomic mass is 15.3. The van der Waals surface area contributed by atoms with Crippen LogP contribution in [0.5, 0.6) is 0 Å². The Morgan fingerprint density at radius 1 is 1.36 bits per heavy atom. The number of aryl methyl sites for hydroxylation is 1. The molecule has 1 aromatic carbocycles. The van der Waals surface area contributed by atoms with Gasteiger partial charge in [-0.15, -0.1) is 0 Å². The summed E-state index contributed by atoms with van der Waals surface area (Å²) in [5, 5.41) is 4.33. The molecule has 2 aromatic rings. The second-order valence-corrected chi connectivity index (χ2v) is 3.29. The van der Waals surface area contributed by atoms with Gasteiger partial charge in [-0.05, 0) is 30.7 Å². The Balaban J connectivity index is 2.39. The van der Waals surface area contributed by atoms with E-state index in [1.54, 1.807) is 0 Å². The predicted molar refractivity (Wildman–Crippen MR) is 56.2 cm³/mol. The van der Waals surface area contributed by atoms with Crippen LogP contribution in [0.3, 0.4) is 0 Å². The van der Waals surface area contributed by atoms with Crippen molar-refractivity contribution in [3.63, 3.8) is 0 Å². The van der Waals surface area contributed by atoms with Crippen LogP contribution in [-0.4, -0.2) is 9.78 Å². The number of nitrogens with zero attached hydrogens (tertiary/aromatic N) is 2. The van der Waals surface area contributed by atoms with E-state index >= 15 is 0 Å². The van der Waals surface area contributed by atoms with Gasteiger partial charge < -0.3 is 5.73 Å². The molecule has 72 valence electrons. The lowest BCUT2D eigenvalue weighted by molar-refractivity contribution is 0.833. The average Bonchev–Trinajstić information content (AvgIpc) is 2.66. The zero-order chi connectivity index (χ0) is 9.97. The molecular weight excluding hydrogens is 174 g/mol. The molecule has 0 saturated heterocycles. The van der Waals surface area contributed by atoms with Crippen molar-refractivity contribution >= 4 is 0 Å². The van der Waals surface area contributed by atoms with E-state index in [-0.39, 0.29) is 0 Å². The van der Waals surface area contributed by atoms with Crippen molar-refractivity contribution in [3.8, 4) is 5.69 Å². The van der Waals surface area contributed by atoms with Crippen molar-refractivity contribution in [2.24, 2.45) is 5.73 Å². The maximum Gasteiger partial charge on any atom is 0.0764 e. The second-order valence-electron chi connectivity index (χ2n) is 3.29. The number of benzene rings is 1. The number of rotatable bonds is 2. The van der Waals surface area contributed by atoms with Crippen LogP contribution in [-0.2, 0) is 6.54 Å². The molecule has 0 aliphatic heterocycles. The lowest BCUT2D eigenvalue weighted by Gasteiger charge is -2.01. The van der Waals surface area contributed by atoms with E-state index < -0.39 is 0 Å². The van der Waals surface area contributed by atoms with Crippen LogP contribution in [0.4, 0.5) is 0 Å². The minimum absolute atomic E-state index is 0.485. The minimum Gasteiger partial charge on any atom is -0.325 e. The molecule has 1 aromatic heterocycles. The average molecular weight is 187 g/mol. The van der Waals surface area contributed by atoms with Gasteiger partial charge in [-0.3, -0.25) is 0 Å². The van der Waals surface area contributed by atoms with Crippen LogP contribution in [0, 0.1) is 6.92 Å². The van der Waals surface area contributed by atoms with E-state index in [4.69, 9.17) is 5.73 Å². The molecule has 2 rings (SSSR count). The van der Waals surface area contributed by atoms with E-state index in [1.807, 2.05) is 29.1 Å². The fourth-order valence-corrected chi connectivity index (χ4v) is 1.38. The molecule has 0 radical (unpaired) electrons. The molecule has 0 saturated carbocycles. The van der Waals surface area contributed by atoms with Gasteiger partial charge >= 0.3 is 0 Å². The third kappa shape index (κ3) is 1.67. The summed E-state index contributed by atoms with van der Waals surface area (Å²) in [6.07, 6.45) is 1.93. The van der Waals surface area contributed by atoms with E-state index in [2.05, 4.69) is 24.2 Å². The van der Waals surface area contributed by atoms with Crippen molar-refractivity contribution in [2.45, 2.75) is 13.5 Å². The van der Waals surface area contributed by atoms with E-state index in [9.17, 15) is 0 Å². The molecule has 0 bridgehead atoms. The van der Waals surface area contributed by atoms with Gasteiger partial charge in [0.25, 0.3) is 0 Å². The highest BCUT2D eigenvalue weighted by molar-refractivity contribution is 5.34. The Bertz CT molecular complexity index is 432. The first-order valence-electron chi connectivity index (χ1n) is 4.61. The van der Waals surface area contributed by atoms with Crippen LogP contribution >= 0.6 is 0 Å². The lowest BCUT2D eigenvalue weighted by Crippen LogP contribution is -2.00. The fourth-order valence-electron chi connectivity index (χ4n) is 1.38. The third-order valence-corrected chi connectivity index (χ3v) is 2.12. The predicted octanol–water partition coefficient (Wildman–Crippen LogP) is 1.64. The highest BCUT2D eigenvalue weighted by Crippen LogP contribution is 2.09. The van der Waals surface area contributed by atoms with Crippen molar-refractivity contribution < 1.29 is 0 Å². The summed E-state index contributed by atoms with van der Waals surface area (Å²) >= 11 is 0. The molecule has 2 N–H and O–H groups in total. The maximum absolute atomic E-state index is 5.50. The molecular formula is C11H13N3. The Hall–Kier alpha value is -1.61. The third-order valence-electron chi connectivity index (χ3n) is 2.12. The summed E-state index contributed by atoms with van der Waals surface area (Å²) in [4.78, 5) is 0. The van der Waals surface area contributed by atoms with Crippen LogP contribution < -0.4 is 5.73 Å². The molecule has 0 spiro atoms. The monoisotopic (exact) mass is 187 g/mol. The molecule has 1 heterocycles. The van der Waals surface area contributed by atoms with Gasteiger partial charge in [0.1, 0.15) is 0 Å². The van der Waals surface area contributed by atoms with Gasteiger partial charge in [0, 0.05) is 12.7 Å². The van der Waals surface area contributed by atoms with Crippen molar-refractivity contribution in [3.05, 3.63) is 47.8 Å². The molecule has 0 aliphatic rings. The van der Waals surface area contributed by atoms with E-state index in [0.717, 1.165) is 11.4 Å². The Morgan fingerprint density at radius 3 is 2.86 bits per heavy atom. The van der Waals surface area contributed by atoms with Gasteiger partial charge in [-0.2, -0.15) is 5.10 Å². The smallest absolute Gasteiger partial charge is 0.0764 e. The van der Waals surface area contributed by atoms with E-state index in [1.165, 1.54) is 5.56 Å². The number of hydrogen-bond donors (Lipinski definition) is 1. The van der Waals surface area contributed by atoms with Crippen molar-refractivity contribution in [2.75, 3.05) is 0 Å². The number of hydrogen-bond acceptors (Lipinski definition) is 2. The van der Waals surface area contributed by atoms with Crippen LogP contribution in [0.25, 0.3) is 5.69 Å². The zero-order valence-corrected chi connectivity index (χ0v) is 8.14. The number of aromatic nitrogens is 2. The largest absolute Gasteiger partial charge is 0.325 e. The van der Waals surface area contributed by atoms with Crippen LogP contribution in [0.15, 0.2) is 36.5 Å².